The maximum atomic E-state index is 13.1. The van der Waals surface area contributed by atoms with Crippen molar-refractivity contribution in [3.63, 3.8) is 0 Å². The fourth-order valence-electron chi connectivity index (χ4n) is 2.09. The lowest BCUT2D eigenvalue weighted by molar-refractivity contribution is -0.119. The quantitative estimate of drug-likeness (QED) is 0.863. The number of hydrogen-bond donors (Lipinski definition) is 2. The van der Waals surface area contributed by atoms with Crippen molar-refractivity contribution in [2.75, 3.05) is 18.5 Å². The van der Waals surface area contributed by atoms with Crippen LogP contribution in [0.3, 0.4) is 0 Å². The SMILES string of the molecule is Cl.NC(C(=O)Nc1ccc(F)c(Br)c1)C1CCOCC1. The highest BCUT2D eigenvalue weighted by molar-refractivity contribution is 9.10. The van der Waals surface area contributed by atoms with Gasteiger partial charge in [0.05, 0.1) is 10.5 Å². The number of rotatable bonds is 3. The molecule has 0 saturated carbocycles. The van der Waals surface area contributed by atoms with E-state index in [0.717, 1.165) is 12.8 Å². The summed E-state index contributed by atoms with van der Waals surface area (Å²) in [5.41, 5.74) is 6.48. The van der Waals surface area contributed by atoms with Gasteiger partial charge in [-0.05, 0) is 52.9 Å². The summed E-state index contributed by atoms with van der Waals surface area (Å²) >= 11 is 3.08. The van der Waals surface area contributed by atoms with Crippen molar-refractivity contribution in [3.05, 3.63) is 28.5 Å². The van der Waals surface area contributed by atoms with Crippen LogP contribution in [-0.4, -0.2) is 25.2 Å². The summed E-state index contributed by atoms with van der Waals surface area (Å²) < 4.78 is 18.6. The zero-order valence-electron chi connectivity index (χ0n) is 10.8. The van der Waals surface area contributed by atoms with Gasteiger partial charge in [0.15, 0.2) is 0 Å². The number of halogens is 3. The predicted molar refractivity (Wildman–Crippen MR) is 81.5 cm³/mol. The lowest BCUT2D eigenvalue weighted by atomic mass is 9.92. The summed E-state index contributed by atoms with van der Waals surface area (Å²) in [6.07, 6.45) is 1.59. The van der Waals surface area contributed by atoms with Gasteiger partial charge in [-0.25, -0.2) is 4.39 Å². The molecule has 4 nitrogen and oxygen atoms in total. The van der Waals surface area contributed by atoms with E-state index in [9.17, 15) is 9.18 Å². The number of hydrogen-bond acceptors (Lipinski definition) is 3. The molecule has 1 aliphatic heterocycles. The zero-order chi connectivity index (χ0) is 13.8. The molecular formula is C13H17BrClFN2O2. The molecule has 1 amide bonds. The highest BCUT2D eigenvalue weighted by Gasteiger charge is 2.26. The van der Waals surface area contributed by atoms with Crippen molar-refractivity contribution in [1.82, 2.24) is 0 Å². The third kappa shape index (κ3) is 4.41. The lowest BCUT2D eigenvalue weighted by Crippen LogP contribution is -2.44. The van der Waals surface area contributed by atoms with Crippen molar-refractivity contribution in [2.24, 2.45) is 11.7 Å². The van der Waals surface area contributed by atoms with Crippen LogP contribution in [0.25, 0.3) is 0 Å². The van der Waals surface area contributed by atoms with Gasteiger partial charge in [-0.2, -0.15) is 0 Å². The first kappa shape index (κ1) is 17.4. The Morgan fingerprint density at radius 1 is 1.45 bits per heavy atom. The summed E-state index contributed by atoms with van der Waals surface area (Å²) in [5, 5.41) is 2.71. The predicted octanol–water partition coefficient (Wildman–Crippen LogP) is 2.70. The highest BCUT2D eigenvalue weighted by atomic mass is 79.9. The molecule has 0 bridgehead atoms. The molecule has 0 aliphatic carbocycles. The van der Waals surface area contributed by atoms with Crippen LogP contribution in [0.15, 0.2) is 22.7 Å². The molecule has 1 aromatic carbocycles. The summed E-state index contributed by atoms with van der Waals surface area (Å²) in [5.74, 6) is -0.477. The first-order valence-corrected chi connectivity index (χ1v) is 6.96. The van der Waals surface area contributed by atoms with E-state index in [-0.39, 0.29) is 30.0 Å². The average Bonchev–Trinajstić information content (AvgIpc) is 2.43. The number of ether oxygens (including phenoxy) is 1. The second kappa shape index (κ2) is 7.93. The van der Waals surface area contributed by atoms with Gasteiger partial charge >= 0.3 is 0 Å². The van der Waals surface area contributed by atoms with E-state index in [0.29, 0.717) is 23.4 Å². The van der Waals surface area contributed by atoms with Crippen LogP contribution in [0.4, 0.5) is 10.1 Å². The maximum absolute atomic E-state index is 13.1. The van der Waals surface area contributed by atoms with E-state index in [4.69, 9.17) is 10.5 Å². The van der Waals surface area contributed by atoms with Crippen molar-refractivity contribution in [2.45, 2.75) is 18.9 Å². The van der Waals surface area contributed by atoms with Gasteiger partial charge in [-0.15, -0.1) is 12.4 Å². The topological polar surface area (TPSA) is 64.4 Å². The van der Waals surface area contributed by atoms with Gasteiger partial charge in [-0.3, -0.25) is 4.79 Å². The molecule has 2 rings (SSSR count). The van der Waals surface area contributed by atoms with Crippen LogP contribution in [0.2, 0.25) is 0 Å². The normalized spacial score (nSPS) is 17.1. The van der Waals surface area contributed by atoms with Crippen LogP contribution in [-0.2, 0) is 9.53 Å². The van der Waals surface area contributed by atoms with Gasteiger partial charge in [0, 0.05) is 18.9 Å². The van der Waals surface area contributed by atoms with Gasteiger partial charge in [-0.1, -0.05) is 0 Å². The van der Waals surface area contributed by atoms with Crippen molar-refractivity contribution in [1.29, 1.82) is 0 Å². The minimum atomic E-state index is -0.562. The smallest absolute Gasteiger partial charge is 0.241 e. The maximum Gasteiger partial charge on any atom is 0.241 e. The van der Waals surface area contributed by atoms with Gasteiger partial charge in [0.25, 0.3) is 0 Å². The number of amides is 1. The average molecular weight is 368 g/mol. The van der Waals surface area contributed by atoms with Crippen LogP contribution >= 0.6 is 28.3 Å². The largest absolute Gasteiger partial charge is 0.381 e. The Morgan fingerprint density at radius 3 is 2.70 bits per heavy atom. The van der Waals surface area contributed by atoms with E-state index >= 15 is 0 Å². The molecule has 7 heteroatoms. The van der Waals surface area contributed by atoms with E-state index in [2.05, 4.69) is 21.2 Å². The molecule has 112 valence electrons. The van der Waals surface area contributed by atoms with E-state index in [1.807, 2.05) is 0 Å². The third-order valence-electron chi connectivity index (χ3n) is 3.26. The molecule has 1 fully saturated rings. The standard InChI is InChI=1S/C13H16BrFN2O2.ClH/c14-10-7-9(1-2-11(10)15)17-13(18)12(16)8-3-5-19-6-4-8;/h1-2,7-8,12H,3-6,16H2,(H,17,18);1H. The van der Waals surface area contributed by atoms with E-state index in [1.54, 1.807) is 0 Å². The Morgan fingerprint density at radius 2 is 2.10 bits per heavy atom. The fraction of sp³-hybridized carbons (Fsp3) is 0.462. The van der Waals surface area contributed by atoms with Crippen molar-refractivity contribution < 1.29 is 13.9 Å². The second-order valence-electron chi connectivity index (χ2n) is 4.59. The molecule has 1 aromatic rings. The molecule has 1 aliphatic rings. The van der Waals surface area contributed by atoms with Crippen molar-refractivity contribution >= 4 is 39.9 Å². The molecule has 0 spiro atoms. The molecule has 0 aromatic heterocycles. The number of benzene rings is 1. The first-order chi connectivity index (χ1) is 9.08. The second-order valence-corrected chi connectivity index (χ2v) is 5.45. The Kier molecular flexibility index (Phi) is 6.88. The Labute approximate surface area is 131 Å². The van der Waals surface area contributed by atoms with Crippen molar-refractivity contribution in [3.8, 4) is 0 Å². The molecule has 1 unspecified atom stereocenters. The number of nitrogens with one attached hydrogen (secondary N) is 1. The monoisotopic (exact) mass is 366 g/mol. The minimum absolute atomic E-state index is 0. The number of carbonyl (C=O) groups excluding carboxylic acids is 1. The van der Waals surface area contributed by atoms with Crippen LogP contribution < -0.4 is 11.1 Å². The highest BCUT2D eigenvalue weighted by Crippen LogP contribution is 2.22. The van der Waals surface area contributed by atoms with E-state index < -0.39 is 6.04 Å². The summed E-state index contributed by atoms with van der Waals surface area (Å²) in [6.45, 7) is 1.29. The molecule has 1 heterocycles. The molecule has 0 radical (unpaired) electrons. The molecular weight excluding hydrogens is 351 g/mol. The molecule has 1 saturated heterocycles. The molecule has 3 N–H and O–H groups in total. The Balaban J connectivity index is 0.00000200. The number of anilines is 1. The Bertz CT molecular complexity index is 470. The summed E-state index contributed by atoms with van der Waals surface area (Å²) in [7, 11) is 0. The van der Waals surface area contributed by atoms with Crippen LogP contribution in [0.5, 0.6) is 0 Å². The van der Waals surface area contributed by atoms with Gasteiger partial charge in [0.2, 0.25) is 5.91 Å². The number of carbonyl (C=O) groups is 1. The number of nitrogens with two attached hydrogens (primary N) is 1. The van der Waals surface area contributed by atoms with Crippen LogP contribution in [0, 0.1) is 11.7 Å². The summed E-state index contributed by atoms with van der Waals surface area (Å²) in [4.78, 5) is 12.0. The van der Waals surface area contributed by atoms with Gasteiger partial charge in [0.1, 0.15) is 5.82 Å². The fourth-order valence-corrected chi connectivity index (χ4v) is 2.47. The first-order valence-electron chi connectivity index (χ1n) is 6.17. The third-order valence-corrected chi connectivity index (χ3v) is 3.87. The van der Waals surface area contributed by atoms with Crippen LogP contribution in [0.1, 0.15) is 12.8 Å². The van der Waals surface area contributed by atoms with E-state index in [1.165, 1.54) is 18.2 Å². The van der Waals surface area contributed by atoms with Gasteiger partial charge < -0.3 is 15.8 Å². The Hall–Kier alpha value is -0.690. The molecule has 1 atom stereocenters. The molecule has 20 heavy (non-hydrogen) atoms. The zero-order valence-corrected chi connectivity index (χ0v) is 13.2. The minimum Gasteiger partial charge on any atom is -0.381 e. The lowest BCUT2D eigenvalue weighted by Gasteiger charge is -2.26. The summed E-state index contributed by atoms with van der Waals surface area (Å²) in [6, 6.07) is 3.76.